The van der Waals surface area contributed by atoms with Gasteiger partial charge in [0.15, 0.2) is 0 Å². The average Bonchev–Trinajstić information content (AvgIpc) is 3.22. The number of aliphatic hydroxyl groups excluding tert-OH is 1. The number of rotatable bonds is 7. The van der Waals surface area contributed by atoms with Gasteiger partial charge >= 0.3 is 12.1 Å². The first-order chi connectivity index (χ1) is 27.3. The number of methoxy groups -OCH3 is 1. The minimum atomic E-state index is -0.803. The summed E-state index contributed by atoms with van der Waals surface area (Å²) in [4.78, 5) is 58.2. The highest BCUT2D eigenvalue weighted by molar-refractivity contribution is 8.01. The Morgan fingerprint density at radius 1 is 1.04 bits per heavy atom. The van der Waals surface area contributed by atoms with Crippen molar-refractivity contribution >= 4 is 64.6 Å². The Kier molecular flexibility index (Phi) is 20.3. The van der Waals surface area contributed by atoms with Crippen molar-refractivity contribution in [3.05, 3.63) is 88.1 Å². The number of hydrazine groups is 1. The number of halogens is 1. The summed E-state index contributed by atoms with van der Waals surface area (Å²) in [5, 5.41) is 8.05. The number of nitrogens with zero attached hydrogens (tertiary/aromatic N) is 4. The summed E-state index contributed by atoms with van der Waals surface area (Å²) >= 11 is 7.53. The van der Waals surface area contributed by atoms with Crippen molar-refractivity contribution in [1.29, 1.82) is 0 Å². The first-order valence-corrected chi connectivity index (χ1v) is 19.2. The number of esters is 1. The van der Waals surface area contributed by atoms with Gasteiger partial charge in [-0.15, -0.1) is 0 Å². The predicted octanol–water partition coefficient (Wildman–Crippen LogP) is 6.20. The predicted molar refractivity (Wildman–Crippen MR) is 225 cm³/mol. The molecule has 0 spiro atoms. The van der Waals surface area contributed by atoms with E-state index in [9.17, 15) is 19.2 Å². The third-order valence-electron chi connectivity index (χ3n) is 7.37. The molecule has 4 aromatic rings. The van der Waals surface area contributed by atoms with E-state index in [0.29, 0.717) is 40.7 Å². The molecule has 1 fully saturated rings. The largest absolute Gasteiger partial charge is 0.468 e. The second-order valence-electron chi connectivity index (χ2n) is 12.6. The monoisotopic (exact) mass is 822 g/mol. The molecule has 3 amide bonds. The zero-order valence-electron chi connectivity index (χ0n) is 33.8. The highest BCUT2D eigenvalue weighted by Crippen LogP contribution is 2.28. The lowest BCUT2D eigenvalue weighted by molar-refractivity contribution is -0.137. The summed E-state index contributed by atoms with van der Waals surface area (Å²) < 4.78 is 16.6. The summed E-state index contributed by atoms with van der Waals surface area (Å²) in [6.45, 7) is 14.0. The number of hydrogen-bond acceptors (Lipinski definition) is 12. The smallest absolute Gasteiger partial charge is 0.426 e. The van der Waals surface area contributed by atoms with Crippen LogP contribution in [0.3, 0.4) is 0 Å². The lowest BCUT2D eigenvalue weighted by atomic mass is 10.0. The SMILES string of the molecule is CC.CO.COC(=O)CSN(C)c1cc2nc(-c3ccc(C#Cc4ccc(C)cc4Cl)cc3)cc(C(=O)NNC(=O)OC(C)(C)C)c2cn1.O=CN1CCOCC1. The third-order valence-corrected chi connectivity index (χ3v) is 8.62. The number of anilines is 1. The van der Waals surface area contributed by atoms with Gasteiger partial charge in [0.1, 0.15) is 17.2 Å². The molecule has 2 aromatic heterocycles. The number of aliphatic hydroxyl groups is 1. The fraction of sp³-hybridized carbons (Fsp3) is 0.366. The molecule has 1 saturated heterocycles. The van der Waals surface area contributed by atoms with Crippen LogP contribution in [0.5, 0.6) is 0 Å². The standard InChI is InChI=1S/C33H32ClN5O5S.C5H9NO2.C2H6.CH4O/c1-20-7-11-22(26(34)15-20)12-8-21-9-13-23(14-10-21)27-16-24(31(41)37-38-32(42)44-33(2,3)4)25-18-35-29(17-28(25)36-27)39(5)45-19-30(40)43-6;7-5-6-1-3-8-4-2-6;2*1-2/h7,9-11,13-18H,19H2,1-6H3,(H,37,41)(H,38,42);5H,1-4H2;1-2H3;2H,1H3. The molecule has 0 bridgehead atoms. The molecule has 5 rings (SSSR count). The molecule has 0 radical (unpaired) electrons. The van der Waals surface area contributed by atoms with Gasteiger partial charge in [0.05, 0.1) is 42.1 Å². The molecule has 306 valence electrons. The van der Waals surface area contributed by atoms with E-state index >= 15 is 0 Å². The number of ether oxygens (including phenoxy) is 3. The maximum Gasteiger partial charge on any atom is 0.426 e. The number of benzene rings is 2. The summed E-state index contributed by atoms with van der Waals surface area (Å²) in [6, 6.07) is 16.5. The number of morpholine rings is 1. The van der Waals surface area contributed by atoms with Gasteiger partial charge in [-0.05, 0) is 75.5 Å². The molecule has 1 aliphatic heterocycles. The molecule has 16 heteroatoms. The van der Waals surface area contributed by atoms with Gasteiger partial charge in [0, 0.05) is 61.6 Å². The second-order valence-corrected chi connectivity index (χ2v) is 14.1. The van der Waals surface area contributed by atoms with E-state index in [2.05, 4.69) is 27.7 Å². The maximum absolute atomic E-state index is 13.3. The van der Waals surface area contributed by atoms with Crippen molar-refractivity contribution in [3.63, 3.8) is 0 Å². The first kappa shape index (κ1) is 47.8. The second kappa shape index (κ2) is 24.3. The van der Waals surface area contributed by atoms with Crippen LogP contribution in [0.25, 0.3) is 22.2 Å². The van der Waals surface area contributed by atoms with Gasteiger partial charge in [-0.3, -0.25) is 19.8 Å². The lowest BCUT2D eigenvalue weighted by Crippen LogP contribution is -2.44. The summed E-state index contributed by atoms with van der Waals surface area (Å²) in [7, 11) is 4.08. The summed E-state index contributed by atoms with van der Waals surface area (Å²) in [6.07, 6.45) is 1.58. The molecule has 2 aromatic carbocycles. The van der Waals surface area contributed by atoms with Crippen molar-refractivity contribution in [2.45, 2.75) is 47.1 Å². The zero-order valence-corrected chi connectivity index (χ0v) is 35.3. The number of carbonyl (C=O) groups is 4. The van der Waals surface area contributed by atoms with Crippen molar-refractivity contribution in [1.82, 2.24) is 25.7 Å². The fourth-order valence-corrected chi connectivity index (χ4v) is 5.57. The van der Waals surface area contributed by atoms with Crippen molar-refractivity contribution in [3.8, 4) is 23.1 Å². The highest BCUT2D eigenvalue weighted by atomic mass is 35.5. The zero-order chi connectivity index (χ0) is 42.5. The molecule has 0 aliphatic carbocycles. The topological polar surface area (TPSA) is 173 Å². The van der Waals surface area contributed by atoms with Crippen LogP contribution in [0.2, 0.25) is 5.02 Å². The van der Waals surface area contributed by atoms with Crippen LogP contribution in [0.4, 0.5) is 10.6 Å². The van der Waals surface area contributed by atoms with Gasteiger partial charge in [0.2, 0.25) is 6.41 Å². The molecule has 1 aliphatic rings. The Morgan fingerprint density at radius 2 is 1.70 bits per heavy atom. The van der Waals surface area contributed by atoms with Crippen LogP contribution in [0.15, 0.2) is 60.8 Å². The normalized spacial score (nSPS) is 11.7. The quantitative estimate of drug-likeness (QED) is 0.0635. The molecular weight excluding hydrogens is 772 g/mol. The number of carbonyl (C=O) groups excluding carboxylic acids is 4. The van der Waals surface area contributed by atoms with Crippen molar-refractivity contribution in [2.75, 3.05) is 57.6 Å². The van der Waals surface area contributed by atoms with Gasteiger partial charge in [0.25, 0.3) is 5.91 Å². The average molecular weight is 823 g/mol. The summed E-state index contributed by atoms with van der Waals surface area (Å²) in [5.74, 6) is 5.87. The minimum Gasteiger partial charge on any atom is -0.468 e. The van der Waals surface area contributed by atoms with Crippen molar-refractivity contribution < 1.29 is 38.5 Å². The van der Waals surface area contributed by atoms with Gasteiger partial charge in [-0.25, -0.2) is 20.2 Å². The number of hydrogen-bond donors (Lipinski definition) is 3. The van der Waals surface area contributed by atoms with E-state index in [4.69, 9.17) is 35.9 Å². The van der Waals surface area contributed by atoms with Crippen LogP contribution in [0, 0.1) is 18.8 Å². The number of aryl methyl sites for hydroxylation is 1. The number of pyridine rings is 2. The van der Waals surface area contributed by atoms with Crippen LogP contribution in [0.1, 0.15) is 61.7 Å². The molecule has 0 atom stereocenters. The minimum absolute atomic E-state index is 0.0928. The molecule has 14 nitrogen and oxygen atoms in total. The van der Waals surface area contributed by atoms with Crippen LogP contribution < -0.4 is 15.2 Å². The number of aromatic nitrogens is 2. The van der Waals surface area contributed by atoms with Crippen LogP contribution in [-0.2, 0) is 23.8 Å². The molecule has 0 saturated carbocycles. The molecule has 3 N–H and O–H groups in total. The molecule has 3 heterocycles. The van der Waals surface area contributed by atoms with E-state index < -0.39 is 17.6 Å². The number of nitrogens with one attached hydrogen (secondary N) is 2. The van der Waals surface area contributed by atoms with Gasteiger partial charge < -0.3 is 28.5 Å². The van der Waals surface area contributed by atoms with Gasteiger partial charge in [-0.2, -0.15) is 0 Å². The molecule has 0 unspecified atom stereocenters. The Labute approximate surface area is 343 Å². The van der Waals surface area contributed by atoms with E-state index in [1.54, 1.807) is 49.2 Å². The summed E-state index contributed by atoms with van der Waals surface area (Å²) in [5.41, 5.74) is 8.45. The van der Waals surface area contributed by atoms with Gasteiger partial charge in [-0.1, -0.05) is 55.5 Å². The number of amides is 3. The Hall–Kier alpha value is -5.40. The molecule has 57 heavy (non-hydrogen) atoms. The Bertz CT molecular complexity index is 2010. The van der Waals surface area contributed by atoms with E-state index in [0.717, 1.165) is 48.9 Å². The van der Waals surface area contributed by atoms with E-state index in [-0.39, 0.29) is 17.3 Å². The molecular formula is C41H51ClN6O8S. The Balaban J connectivity index is 0.000000812. The maximum atomic E-state index is 13.3. The highest BCUT2D eigenvalue weighted by Gasteiger charge is 2.20. The van der Waals surface area contributed by atoms with E-state index in [1.165, 1.54) is 25.3 Å². The van der Waals surface area contributed by atoms with Crippen molar-refractivity contribution in [2.24, 2.45) is 0 Å². The third kappa shape index (κ3) is 15.9. The number of fused-ring (bicyclic) bond motifs is 1. The van der Waals surface area contributed by atoms with E-state index in [1.807, 2.05) is 63.2 Å². The first-order valence-electron chi connectivity index (χ1n) is 17.9. The van der Waals surface area contributed by atoms with Crippen LogP contribution in [-0.4, -0.2) is 103 Å². The Morgan fingerprint density at radius 3 is 2.28 bits per heavy atom. The lowest BCUT2D eigenvalue weighted by Gasteiger charge is -2.21. The van der Waals surface area contributed by atoms with Crippen LogP contribution >= 0.6 is 23.5 Å². The fourth-order valence-electron chi connectivity index (χ4n) is 4.64.